The molecule has 1 fully saturated rings. The first-order chi connectivity index (χ1) is 13.1. The molecular formula is C19H26N2O6S. The second-order valence-electron chi connectivity index (χ2n) is 6.89. The van der Waals surface area contributed by atoms with E-state index >= 15 is 0 Å². The fraction of sp³-hybridized carbons (Fsp3) is 0.526. The fourth-order valence-corrected chi connectivity index (χ4v) is 3.73. The monoisotopic (exact) mass is 410 g/mol. The van der Waals surface area contributed by atoms with Gasteiger partial charge in [0.15, 0.2) is 9.84 Å². The first kappa shape index (κ1) is 21.9. The van der Waals surface area contributed by atoms with Gasteiger partial charge >= 0.3 is 5.97 Å². The lowest BCUT2D eigenvalue weighted by atomic mass is 9.98. The summed E-state index contributed by atoms with van der Waals surface area (Å²) in [5, 5.41) is 0. The summed E-state index contributed by atoms with van der Waals surface area (Å²) in [5.41, 5.74) is 0.297. The van der Waals surface area contributed by atoms with Gasteiger partial charge in [0.1, 0.15) is 0 Å². The van der Waals surface area contributed by atoms with Gasteiger partial charge in [0.25, 0.3) is 5.91 Å². The third kappa shape index (κ3) is 5.54. The number of carbonyl (C=O) groups excluding carboxylic acids is 3. The zero-order chi connectivity index (χ0) is 20.9. The van der Waals surface area contributed by atoms with Gasteiger partial charge in [-0.3, -0.25) is 14.4 Å². The molecule has 2 rings (SSSR count). The van der Waals surface area contributed by atoms with Crippen molar-refractivity contribution in [2.45, 2.75) is 24.7 Å². The van der Waals surface area contributed by atoms with Gasteiger partial charge in [0.2, 0.25) is 5.91 Å². The number of hydrogen-bond acceptors (Lipinski definition) is 6. The van der Waals surface area contributed by atoms with Crippen LogP contribution in [-0.4, -0.2) is 75.5 Å². The van der Waals surface area contributed by atoms with Crippen LogP contribution >= 0.6 is 0 Å². The van der Waals surface area contributed by atoms with Crippen LogP contribution in [0, 0.1) is 5.92 Å². The van der Waals surface area contributed by atoms with E-state index < -0.39 is 9.84 Å². The minimum absolute atomic E-state index is 0.123. The molecule has 0 aliphatic carbocycles. The number of nitrogens with zero attached hydrogens (tertiary/aromatic N) is 2. The van der Waals surface area contributed by atoms with Crippen LogP contribution in [0.25, 0.3) is 0 Å². The molecule has 1 saturated heterocycles. The summed E-state index contributed by atoms with van der Waals surface area (Å²) in [4.78, 5) is 40.0. The van der Waals surface area contributed by atoms with Crippen molar-refractivity contribution >= 4 is 27.6 Å². The Morgan fingerprint density at radius 3 is 2.43 bits per heavy atom. The first-order valence-electron chi connectivity index (χ1n) is 9.13. The molecule has 1 aliphatic heterocycles. The number of carbonyl (C=O) groups is 3. The fourth-order valence-electron chi connectivity index (χ4n) is 3.10. The molecule has 1 unspecified atom stereocenters. The number of likely N-dealkylation sites (tertiary alicyclic amines) is 1. The predicted octanol–water partition coefficient (Wildman–Crippen LogP) is 0.964. The number of sulfone groups is 1. The van der Waals surface area contributed by atoms with Crippen LogP contribution in [0.4, 0.5) is 0 Å². The normalized spacial score (nSPS) is 17.1. The number of hydrogen-bond donors (Lipinski definition) is 0. The number of benzene rings is 1. The molecule has 1 aromatic carbocycles. The Hall–Kier alpha value is -2.42. The third-order valence-electron chi connectivity index (χ3n) is 4.64. The van der Waals surface area contributed by atoms with Crippen LogP contribution in [0.1, 0.15) is 30.1 Å². The van der Waals surface area contributed by atoms with E-state index in [4.69, 9.17) is 4.74 Å². The molecule has 0 spiro atoms. The Kier molecular flexibility index (Phi) is 7.17. The van der Waals surface area contributed by atoms with Crippen molar-refractivity contribution in [1.29, 1.82) is 0 Å². The van der Waals surface area contributed by atoms with Crippen LogP contribution in [0.2, 0.25) is 0 Å². The summed E-state index contributed by atoms with van der Waals surface area (Å²) in [6, 6.07) is 5.59. The molecule has 28 heavy (non-hydrogen) atoms. The maximum absolute atomic E-state index is 12.6. The molecule has 154 valence electrons. The summed E-state index contributed by atoms with van der Waals surface area (Å²) in [5.74, 6) is -1.25. The summed E-state index contributed by atoms with van der Waals surface area (Å²) in [7, 11) is -1.83. The van der Waals surface area contributed by atoms with Gasteiger partial charge in [-0.1, -0.05) is 0 Å². The number of amides is 2. The standard InChI is InChI=1S/C19H26N2O6S/c1-4-27-19(24)15-6-5-11-21(12-15)17(22)13-20(2)18(23)14-7-9-16(10-8-14)28(3,25)26/h7-10,15H,4-6,11-13H2,1-3H3. The molecule has 8 nitrogen and oxygen atoms in total. The van der Waals surface area contributed by atoms with Crippen molar-refractivity contribution in [3.8, 4) is 0 Å². The van der Waals surface area contributed by atoms with E-state index in [-0.39, 0.29) is 35.1 Å². The average Bonchev–Trinajstić information content (AvgIpc) is 2.67. The van der Waals surface area contributed by atoms with Gasteiger partial charge in [0.05, 0.1) is 24.0 Å². The predicted molar refractivity (Wildman–Crippen MR) is 102 cm³/mol. The van der Waals surface area contributed by atoms with E-state index in [1.54, 1.807) is 11.8 Å². The lowest BCUT2D eigenvalue weighted by Gasteiger charge is -2.32. The number of ether oxygens (including phenoxy) is 1. The van der Waals surface area contributed by atoms with Crippen LogP contribution in [0.5, 0.6) is 0 Å². The maximum atomic E-state index is 12.6. The van der Waals surface area contributed by atoms with Crippen molar-refractivity contribution < 1.29 is 27.5 Å². The van der Waals surface area contributed by atoms with Gasteiger partial charge in [-0.05, 0) is 44.0 Å². The average molecular weight is 410 g/mol. The van der Waals surface area contributed by atoms with Crippen molar-refractivity contribution in [2.24, 2.45) is 5.92 Å². The Bertz CT molecular complexity index is 834. The molecule has 1 heterocycles. The molecule has 2 amide bonds. The van der Waals surface area contributed by atoms with Gasteiger partial charge < -0.3 is 14.5 Å². The van der Waals surface area contributed by atoms with E-state index in [1.165, 1.54) is 36.2 Å². The summed E-state index contributed by atoms with van der Waals surface area (Å²) in [6.45, 7) is 2.76. The van der Waals surface area contributed by atoms with E-state index in [1.807, 2.05) is 0 Å². The molecule has 0 radical (unpaired) electrons. The van der Waals surface area contributed by atoms with Crippen LogP contribution in [-0.2, 0) is 24.2 Å². The maximum Gasteiger partial charge on any atom is 0.310 e. The lowest BCUT2D eigenvalue weighted by Crippen LogP contribution is -2.47. The molecule has 1 aromatic rings. The van der Waals surface area contributed by atoms with E-state index in [0.29, 0.717) is 38.1 Å². The van der Waals surface area contributed by atoms with Crippen molar-refractivity contribution in [2.75, 3.05) is 39.5 Å². The van der Waals surface area contributed by atoms with E-state index in [2.05, 4.69) is 0 Å². The molecule has 0 saturated carbocycles. The molecule has 9 heteroatoms. The Morgan fingerprint density at radius 1 is 1.21 bits per heavy atom. The number of esters is 1. The summed E-state index contributed by atoms with van der Waals surface area (Å²) >= 11 is 0. The van der Waals surface area contributed by atoms with Gasteiger partial charge in [-0.15, -0.1) is 0 Å². The zero-order valence-corrected chi connectivity index (χ0v) is 17.2. The van der Waals surface area contributed by atoms with Gasteiger partial charge in [0, 0.05) is 32.0 Å². The summed E-state index contributed by atoms with van der Waals surface area (Å²) in [6.07, 6.45) is 2.49. The topological polar surface area (TPSA) is 101 Å². The largest absolute Gasteiger partial charge is 0.466 e. The Morgan fingerprint density at radius 2 is 1.86 bits per heavy atom. The first-order valence-corrected chi connectivity index (χ1v) is 11.0. The highest BCUT2D eigenvalue weighted by atomic mass is 32.2. The van der Waals surface area contributed by atoms with E-state index in [0.717, 1.165) is 6.26 Å². The minimum atomic E-state index is -3.34. The number of likely N-dealkylation sites (N-methyl/N-ethyl adjacent to an activating group) is 1. The minimum Gasteiger partial charge on any atom is -0.466 e. The van der Waals surface area contributed by atoms with Crippen LogP contribution < -0.4 is 0 Å². The third-order valence-corrected chi connectivity index (χ3v) is 5.77. The van der Waals surface area contributed by atoms with Gasteiger partial charge in [-0.25, -0.2) is 8.42 Å². The highest BCUT2D eigenvalue weighted by Crippen LogP contribution is 2.18. The van der Waals surface area contributed by atoms with Crippen molar-refractivity contribution in [3.63, 3.8) is 0 Å². The molecule has 1 aliphatic rings. The molecule has 1 atom stereocenters. The van der Waals surface area contributed by atoms with Crippen LogP contribution in [0.3, 0.4) is 0 Å². The highest BCUT2D eigenvalue weighted by molar-refractivity contribution is 7.90. The van der Waals surface area contributed by atoms with Crippen molar-refractivity contribution in [1.82, 2.24) is 9.80 Å². The van der Waals surface area contributed by atoms with Crippen molar-refractivity contribution in [3.05, 3.63) is 29.8 Å². The Balaban J connectivity index is 1.97. The molecule has 0 bridgehead atoms. The second-order valence-corrected chi connectivity index (χ2v) is 8.90. The number of piperidine rings is 1. The molecule has 0 aromatic heterocycles. The highest BCUT2D eigenvalue weighted by Gasteiger charge is 2.30. The second kappa shape index (κ2) is 9.18. The molecule has 0 N–H and O–H groups in total. The molecular weight excluding hydrogens is 384 g/mol. The summed E-state index contributed by atoms with van der Waals surface area (Å²) < 4.78 is 28.0. The van der Waals surface area contributed by atoms with Crippen LogP contribution in [0.15, 0.2) is 29.2 Å². The zero-order valence-electron chi connectivity index (χ0n) is 16.4. The van der Waals surface area contributed by atoms with E-state index in [9.17, 15) is 22.8 Å². The quantitative estimate of drug-likeness (QED) is 0.648. The lowest BCUT2D eigenvalue weighted by molar-refractivity contribution is -0.151. The number of rotatable bonds is 6. The Labute approximate surface area is 165 Å². The SMILES string of the molecule is CCOC(=O)C1CCCN(C(=O)CN(C)C(=O)c2ccc(S(C)(=O)=O)cc2)C1. The smallest absolute Gasteiger partial charge is 0.310 e. The van der Waals surface area contributed by atoms with Gasteiger partial charge in [-0.2, -0.15) is 0 Å².